The van der Waals surface area contributed by atoms with Crippen molar-refractivity contribution in [2.24, 2.45) is 11.7 Å². The predicted octanol–water partition coefficient (Wildman–Crippen LogP) is 2.43. The first kappa shape index (κ1) is 11.6. The highest BCUT2D eigenvalue weighted by molar-refractivity contribution is 5.95. The maximum Gasteiger partial charge on any atom is 0.122 e. The van der Waals surface area contributed by atoms with Crippen LogP contribution >= 0.6 is 0 Å². The van der Waals surface area contributed by atoms with Gasteiger partial charge in [0.2, 0.25) is 0 Å². The average molecular weight is 205 g/mol. The first-order valence-electron chi connectivity index (χ1n) is 5.28. The Morgan fingerprint density at radius 2 is 2.20 bits per heavy atom. The molecule has 15 heavy (non-hydrogen) atoms. The highest BCUT2D eigenvalue weighted by Gasteiger charge is 1.98. The van der Waals surface area contributed by atoms with Gasteiger partial charge in [-0.1, -0.05) is 26.0 Å². The second-order valence-electron chi connectivity index (χ2n) is 4.10. The summed E-state index contributed by atoms with van der Waals surface area (Å²) in [7, 11) is 0. The van der Waals surface area contributed by atoms with E-state index in [9.17, 15) is 0 Å². The average Bonchev–Trinajstić information content (AvgIpc) is 2.17. The third kappa shape index (κ3) is 4.02. The molecule has 0 bridgehead atoms. The van der Waals surface area contributed by atoms with Gasteiger partial charge in [-0.25, -0.2) is 0 Å². The van der Waals surface area contributed by atoms with Crippen LogP contribution < -0.4 is 11.1 Å². The molecule has 0 aliphatic rings. The lowest BCUT2D eigenvalue weighted by atomic mass is 10.1. The molecule has 1 aromatic rings. The molecule has 0 fully saturated rings. The van der Waals surface area contributed by atoms with Crippen LogP contribution in [0.2, 0.25) is 0 Å². The van der Waals surface area contributed by atoms with Gasteiger partial charge in [0.1, 0.15) is 5.84 Å². The van der Waals surface area contributed by atoms with Crippen molar-refractivity contribution in [2.45, 2.75) is 20.3 Å². The summed E-state index contributed by atoms with van der Waals surface area (Å²) in [6, 6.07) is 7.65. The summed E-state index contributed by atoms with van der Waals surface area (Å²) in [4.78, 5) is 0. The molecule has 1 aromatic carbocycles. The van der Waals surface area contributed by atoms with Crippen molar-refractivity contribution >= 4 is 11.5 Å². The largest absolute Gasteiger partial charge is 0.385 e. The van der Waals surface area contributed by atoms with Gasteiger partial charge in [0.05, 0.1) is 0 Å². The van der Waals surface area contributed by atoms with E-state index in [0.717, 1.165) is 24.2 Å². The third-order valence-corrected chi connectivity index (χ3v) is 2.22. The number of nitrogen functional groups attached to an aromatic ring is 1. The number of hydrogen-bond donors (Lipinski definition) is 3. The van der Waals surface area contributed by atoms with E-state index >= 15 is 0 Å². The first-order valence-corrected chi connectivity index (χ1v) is 5.28. The van der Waals surface area contributed by atoms with E-state index in [1.54, 1.807) is 0 Å². The zero-order valence-electron chi connectivity index (χ0n) is 9.38. The fourth-order valence-corrected chi connectivity index (χ4v) is 1.30. The SMILES string of the molecule is CC(C)CCNc1cccc(C(=N)N)c1. The van der Waals surface area contributed by atoms with E-state index < -0.39 is 0 Å². The lowest BCUT2D eigenvalue weighted by Crippen LogP contribution is -2.11. The summed E-state index contributed by atoms with van der Waals surface area (Å²) in [6.07, 6.45) is 1.14. The van der Waals surface area contributed by atoms with Crippen LogP contribution in [0.3, 0.4) is 0 Å². The Labute approximate surface area is 91.2 Å². The molecule has 3 nitrogen and oxygen atoms in total. The van der Waals surface area contributed by atoms with E-state index in [2.05, 4.69) is 19.2 Å². The maximum atomic E-state index is 7.33. The zero-order chi connectivity index (χ0) is 11.3. The molecule has 4 N–H and O–H groups in total. The molecule has 0 amide bonds. The molecule has 0 unspecified atom stereocenters. The van der Waals surface area contributed by atoms with Crippen molar-refractivity contribution in [1.82, 2.24) is 0 Å². The molecular weight excluding hydrogens is 186 g/mol. The van der Waals surface area contributed by atoms with E-state index in [1.807, 2.05) is 24.3 Å². The minimum absolute atomic E-state index is 0.113. The van der Waals surface area contributed by atoms with Crippen molar-refractivity contribution in [3.63, 3.8) is 0 Å². The Bertz CT molecular complexity index is 331. The van der Waals surface area contributed by atoms with Gasteiger partial charge in [-0.3, -0.25) is 5.41 Å². The lowest BCUT2D eigenvalue weighted by Gasteiger charge is -2.09. The van der Waals surface area contributed by atoms with Gasteiger partial charge in [0, 0.05) is 17.8 Å². The molecule has 3 heteroatoms. The smallest absolute Gasteiger partial charge is 0.122 e. The molecular formula is C12H19N3. The number of hydrogen-bond acceptors (Lipinski definition) is 2. The van der Waals surface area contributed by atoms with Crippen LogP contribution in [0.1, 0.15) is 25.8 Å². The highest BCUT2D eigenvalue weighted by Crippen LogP contribution is 2.10. The van der Waals surface area contributed by atoms with Gasteiger partial charge in [-0.05, 0) is 24.5 Å². The Morgan fingerprint density at radius 1 is 1.47 bits per heavy atom. The second-order valence-corrected chi connectivity index (χ2v) is 4.10. The molecule has 0 radical (unpaired) electrons. The van der Waals surface area contributed by atoms with Gasteiger partial charge >= 0.3 is 0 Å². The van der Waals surface area contributed by atoms with E-state index in [0.29, 0.717) is 5.92 Å². The Hall–Kier alpha value is -1.51. The third-order valence-electron chi connectivity index (χ3n) is 2.22. The summed E-state index contributed by atoms with van der Waals surface area (Å²) in [5, 5.41) is 10.6. The van der Waals surface area contributed by atoms with Gasteiger partial charge in [0.15, 0.2) is 0 Å². The number of benzene rings is 1. The van der Waals surface area contributed by atoms with Crippen molar-refractivity contribution in [3.05, 3.63) is 29.8 Å². The molecule has 0 aromatic heterocycles. The molecule has 82 valence electrons. The molecule has 0 spiro atoms. The first-order chi connectivity index (χ1) is 7.09. The minimum Gasteiger partial charge on any atom is -0.385 e. The van der Waals surface area contributed by atoms with Crippen molar-refractivity contribution in [1.29, 1.82) is 5.41 Å². The van der Waals surface area contributed by atoms with E-state index in [-0.39, 0.29) is 5.84 Å². The molecule has 0 aliphatic carbocycles. The fourth-order valence-electron chi connectivity index (χ4n) is 1.30. The fraction of sp³-hybridized carbons (Fsp3) is 0.417. The normalized spacial score (nSPS) is 10.3. The van der Waals surface area contributed by atoms with E-state index in [1.165, 1.54) is 0 Å². The van der Waals surface area contributed by atoms with Crippen LogP contribution in [0.5, 0.6) is 0 Å². The van der Waals surface area contributed by atoms with Crippen LogP contribution in [-0.4, -0.2) is 12.4 Å². The molecule has 0 atom stereocenters. The summed E-state index contributed by atoms with van der Waals surface area (Å²) in [6.45, 7) is 5.36. The van der Waals surface area contributed by atoms with Gasteiger partial charge in [0.25, 0.3) is 0 Å². The zero-order valence-corrected chi connectivity index (χ0v) is 9.38. The summed E-state index contributed by atoms with van der Waals surface area (Å²) in [5.74, 6) is 0.816. The maximum absolute atomic E-state index is 7.33. The predicted molar refractivity (Wildman–Crippen MR) is 65.4 cm³/mol. The minimum atomic E-state index is 0.113. The van der Waals surface area contributed by atoms with Crippen molar-refractivity contribution in [2.75, 3.05) is 11.9 Å². The van der Waals surface area contributed by atoms with Crippen molar-refractivity contribution in [3.8, 4) is 0 Å². The Kier molecular flexibility index (Phi) is 4.16. The quantitative estimate of drug-likeness (QED) is 0.510. The second kappa shape index (κ2) is 5.39. The van der Waals surface area contributed by atoms with Gasteiger partial charge in [-0.15, -0.1) is 0 Å². The molecule has 0 saturated heterocycles. The van der Waals surface area contributed by atoms with E-state index in [4.69, 9.17) is 11.1 Å². The van der Waals surface area contributed by atoms with Crippen LogP contribution in [0, 0.1) is 11.3 Å². The molecule has 0 saturated carbocycles. The summed E-state index contributed by atoms with van der Waals surface area (Å²) in [5.41, 5.74) is 7.21. The van der Waals surface area contributed by atoms with Crippen LogP contribution in [0.4, 0.5) is 5.69 Å². The monoisotopic (exact) mass is 205 g/mol. The number of anilines is 1. The Balaban J connectivity index is 2.54. The molecule has 1 rings (SSSR count). The number of amidine groups is 1. The standard InChI is InChI=1S/C12H19N3/c1-9(2)6-7-15-11-5-3-4-10(8-11)12(13)14/h3-5,8-9,15H,6-7H2,1-2H3,(H3,13,14). The van der Waals surface area contributed by atoms with Gasteiger partial charge < -0.3 is 11.1 Å². The summed E-state index contributed by atoms with van der Waals surface area (Å²) >= 11 is 0. The van der Waals surface area contributed by atoms with Crippen molar-refractivity contribution < 1.29 is 0 Å². The lowest BCUT2D eigenvalue weighted by molar-refractivity contribution is 0.607. The summed E-state index contributed by atoms with van der Waals surface area (Å²) < 4.78 is 0. The van der Waals surface area contributed by atoms with Crippen LogP contribution in [0.25, 0.3) is 0 Å². The number of rotatable bonds is 5. The topological polar surface area (TPSA) is 61.9 Å². The Morgan fingerprint density at radius 3 is 2.80 bits per heavy atom. The highest BCUT2D eigenvalue weighted by atomic mass is 14.9. The van der Waals surface area contributed by atoms with Gasteiger partial charge in [-0.2, -0.15) is 0 Å². The van der Waals surface area contributed by atoms with Crippen LogP contribution in [0.15, 0.2) is 24.3 Å². The molecule has 0 aliphatic heterocycles. The number of nitrogens with one attached hydrogen (secondary N) is 2. The van der Waals surface area contributed by atoms with Crippen LogP contribution in [-0.2, 0) is 0 Å². The molecule has 0 heterocycles. The number of nitrogens with two attached hydrogens (primary N) is 1.